The summed E-state index contributed by atoms with van der Waals surface area (Å²) in [6.45, 7) is 0. The van der Waals surface area contributed by atoms with Gasteiger partial charge in [-0.25, -0.2) is 12.2 Å². The van der Waals surface area contributed by atoms with Crippen LogP contribution in [0, 0.1) is 6.08 Å². The quantitative estimate of drug-likeness (QED) is 0.469. The minimum absolute atomic E-state index is 0. The van der Waals surface area contributed by atoms with Crippen molar-refractivity contribution in [2.45, 2.75) is 6.42 Å². The van der Waals surface area contributed by atoms with E-state index in [4.69, 9.17) is 0 Å². The molecule has 0 radical (unpaired) electrons. The molecule has 34 valence electrons. The monoisotopic (exact) mass is 157 g/mol. The van der Waals surface area contributed by atoms with Crippen molar-refractivity contribution in [3.8, 4) is 0 Å². The van der Waals surface area contributed by atoms with Gasteiger partial charge in [0.1, 0.15) is 0 Å². The molecule has 0 spiro atoms. The van der Waals surface area contributed by atoms with Crippen molar-refractivity contribution < 1.29 is 29.1 Å². The Balaban J connectivity index is -0.0000000833. The molecule has 1 heteroatoms. The van der Waals surface area contributed by atoms with Crippen molar-refractivity contribution in [2.24, 2.45) is 0 Å². The molecule has 0 fully saturated rings. The first-order valence-corrected chi connectivity index (χ1v) is 1.72. The topological polar surface area (TPSA) is 0 Å². The fraction of sp³-hybridized carbons (Fsp3) is 0.200. The maximum Gasteiger partial charge on any atom is 0 e. The zero-order chi connectivity index (χ0) is 3.54. The Morgan fingerprint density at radius 1 is 1.67 bits per heavy atom. The van der Waals surface area contributed by atoms with Gasteiger partial charge in [-0.2, -0.15) is 6.08 Å². The molecule has 0 heterocycles. The molecule has 0 saturated heterocycles. The maximum atomic E-state index is 2.99. The van der Waals surface area contributed by atoms with Crippen LogP contribution >= 0.6 is 0 Å². The second-order valence-corrected chi connectivity index (χ2v) is 1.00. The van der Waals surface area contributed by atoms with Gasteiger partial charge in [-0.3, -0.25) is 6.08 Å². The molecular weight excluding hydrogens is 151 g/mol. The first-order valence-electron chi connectivity index (χ1n) is 1.72. The Labute approximate surface area is 60.0 Å². The summed E-state index contributed by atoms with van der Waals surface area (Å²) in [5.74, 6) is 0. The molecule has 1 rings (SSSR count). The second kappa shape index (κ2) is 3.55. The number of hydrogen-bond donors (Lipinski definition) is 0. The molecule has 6 heavy (non-hydrogen) atoms. The second-order valence-electron chi connectivity index (χ2n) is 1.00. The molecule has 0 aromatic heterocycles. The number of hydrogen-bond acceptors (Lipinski definition) is 0. The fourth-order valence-corrected chi connectivity index (χ4v) is 0.340. The van der Waals surface area contributed by atoms with E-state index < -0.39 is 0 Å². The Morgan fingerprint density at radius 2 is 2.50 bits per heavy atom. The molecule has 0 amide bonds. The van der Waals surface area contributed by atoms with Crippen LogP contribution in [0.25, 0.3) is 0 Å². The van der Waals surface area contributed by atoms with Gasteiger partial charge < -0.3 is 2.85 Å². The number of allylic oxidation sites excluding steroid dienone is 4. The third-order valence-electron chi connectivity index (χ3n) is 0.586. The van der Waals surface area contributed by atoms with Gasteiger partial charge in [0.15, 0.2) is 0 Å². The molecule has 0 aromatic rings. The molecule has 1 aliphatic rings. The van der Waals surface area contributed by atoms with Crippen LogP contribution in [0.15, 0.2) is 18.2 Å². The Kier molecular flexibility index (Phi) is 3.76. The van der Waals surface area contributed by atoms with E-state index in [2.05, 4.69) is 12.2 Å². The standard InChI is InChI=1S/C5H5.Zr.2H/c1-2-4-5-3-1;;;/h1-3H,4H2;;;/q-1;;2*-1. The normalized spacial score (nSPS) is 14.7. The van der Waals surface area contributed by atoms with E-state index >= 15 is 0 Å². The van der Waals surface area contributed by atoms with Crippen LogP contribution in [-0.2, 0) is 26.2 Å². The summed E-state index contributed by atoms with van der Waals surface area (Å²) in [6.07, 6.45) is 10.0. The Morgan fingerprint density at radius 3 is 2.67 bits per heavy atom. The molecule has 0 unspecified atom stereocenters. The van der Waals surface area contributed by atoms with Crippen molar-refractivity contribution in [2.75, 3.05) is 0 Å². The van der Waals surface area contributed by atoms with E-state index in [-0.39, 0.29) is 29.1 Å². The molecule has 0 aromatic carbocycles. The largest absolute Gasteiger partial charge is 1.00 e. The molecule has 0 aliphatic heterocycles. The smallest absolute Gasteiger partial charge is 0 e. The van der Waals surface area contributed by atoms with Gasteiger partial charge in [0.2, 0.25) is 0 Å². The van der Waals surface area contributed by atoms with Gasteiger partial charge in [-0.15, -0.1) is 6.42 Å². The maximum absolute atomic E-state index is 2.99. The van der Waals surface area contributed by atoms with Gasteiger partial charge in [0.25, 0.3) is 0 Å². The average Bonchev–Trinajstić information content (AvgIpc) is 1.76. The van der Waals surface area contributed by atoms with Crippen LogP contribution in [0.5, 0.6) is 0 Å². The summed E-state index contributed by atoms with van der Waals surface area (Å²) >= 11 is 0. The van der Waals surface area contributed by atoms with Crippen molar-refractivity contribution >= 4 is 0 Å². The van der Waals surface area contributed by atoms with E-state index in [9.17, 15) is 0 Å². The summed E-state index contributed by atoms with van der Waals surface area (Å²) in [5.41, 5.74) is 0. The van der Waals surface area contributed by atoms with E-state index in [1.807, 2.05) is 12.2 Å². The third-order valence-corrected chi connectivity index (χ3v) is 0.586. The predicted molar refractivity (Wildman–Crippen MR) is 23.8 cm³/mol. The van der Waals surface area contributed by atoms with Gasteiger partial charge in [0, 0.05) is 26.2 Å². The zero-order valence-electron chi connectivity index (χ0n) is 5.44. The molecule has 1 aliphatic carbocycles. The summed E-state index contributed by atoms with van der Waals surface area (Å²) in [6, 6.07) is 0. The molecule has 0 nitrogen and oxygen atoms in total. The van der Waals surface area contributed by atoms with Crippen LogP contribution in [0.4, 0.5) is 0 Å². The Hall–Kier alpha value is 0.363. The van der Waals surface area contributed by atoms with Crippen LogP contribution in [-0.4, -0.2) is 0 Å². The SMILES string of the molecule is [C-]1=CC=CC1.[H-].[H-].[Zr]. The van der Waals surface area contributed by atoms with E-state index in [0.29, 0.717) is 0 Å². The van der Waals surface area contributed by atoms with Crippen LogP contribution in [0.2, 0.25) is 0 Å². The van der Waals surface area contributed by atoms with E-state index in [0.717, 1.165) is 6.42 Å². The Bertz CT molecular complexity index is 68.5. The van der Waals surface area contributed by atoms with Crippen molar-refractivity contribution in [3.05, 3.63) is 24.3 Å². The zero-order valence-corrected chi connectivity index (χ0v) is 5.90. The average molecular weight is 158 g/mol. The summed E-state index contributed by atoms with van der Waals surface area (Å²) in [4.78, 5) is 0. The summed E-state index contributed by atoms with van der Waals surface area (Å²) in [5, 5.41) is 0. The van der Waals surface area contributed by atoms with Crippen LogP contribution in [0.1, 0.15) is 9.27 Å². The molecular formula is C5H7Zr-3. The van der Waals surface area contributed by atoms with E-state index in [1.54, 1.807) is 0 Å². The third kappa shape index (κ3) is 1.72. The molecule has 0 saturated carbocycles. The first kappa shape index (κ1) is 6.36. The number of rotatable bonds is 0. The van der Waals surface area contributed by atoms with Crippen molar-refractivity contribution in [3.63, 3.8) is 0 Å². The summed E-state index contributed by atoms with van der Waals surface area (Å²) < 4.78 is 0. The van der Waals surface area contributed by atoms with E-state index in [1.165, 1.54) is 0 Å². The van der Waals surface area contributed by atoms with Gasteiger partial charge in [-0.05, 0) is 0 Å². The van der Waals surface area contributed by atoms with Crippen molar-refractivity contribution in [1.82, 2.24) is 0 Å². The summed E-state index contributed by atoms with van der Waals surface area (Å²) in [7, 11) is 0. The van der Waals surface area contributed by atoms with Gasteiger partial charge in [0.05, 0.1) is 0 Å². The van der Waals surface area contributed by atoms with Crippen molar-refractivity contribution in [1.29, 1.82) is 0 Å². The first-order chi connectivity index (χ1) is 2.50. The molecule has 0 atom stereocenters. The minimum Gasteiger partial charge on any atom is -1.00 e. The van der Waals surface area contributed by atoms with Crippen LogP contribution < -0.4 is 0 Å². The predicted octanol–water partition coefficient (Wildman–Crippen LogP) is 1.53. The molecule has 0 N–H and O–H groups in total. The van der Waals surface area contributed by atoms with Gasteiger partial charge >= 0.3 is 0 Å². The minimum atomic E-state index is 0. The van der Waals surface area contributed by atoms with Gasteiger partial charge in [-0.1, -0.05) is 0 Å². The van der Waals surface area contributed by atoms with Crippen LogP contribution in [0.3, 0.4) is 0 Å². The molecule has 0 bridgehead atoms. The fourth-order valence-electron chi connectivity index (χ4n) is 0.340.